The highest BCUT2D eigenvalue weighted by Gasteiger charge is 2.20. The molecule has 0 spiro atoms. The Morgan fingerprint density at radius 1 is 1.12 bits per heavy atom. The van der Waals surface area contributed by atoms with Gasteiger partial charge in [-0.1, -0.05) is 58.4 Å². The third-order valence-electron chi connectivity index (χ3n) is 4.61. The van der Waals surface area contributed by atoms with E-state index in [-0.39, 0.29) is 11.9 Å². The summed E-state index contributed by atoms with van der Waals surface area (Å²) in [4.78, 5) is 14.9. The van der Waals surface area contributed by atoms with Crippen molar-refractivity contribution >= 4 is 21.8 Å². The number of nitrogens with zero attached hydrogens (tertiary/aromatic N) is 1. The number of hydrogen-bond acceptors (Lipinski definition) is 3. The summed E-state index contributed by atoms with van der Waals surface area (Å²) in [6.45, 7) is 4.17. The minimum atomic E-state index is 0.00399. The Morgan fingerprint density at radius 2 is 1.88 bits per heavy atom. The third-order valence-corrected chi connectivity index (χ3v) is 5.10. The number of hydrogen-bond donors (Lipinski definition) is 1. The van der Waals surface area contributed by atoms with Crippen molar-refractivity contribution in [2.75, 3.05) is 32.8 Å². The number of benzene rings is 2. The normalized spacial score (nSPS) is 16.2. The van der Waals surface area contributed by atoms with Crippen molar-refractivity contribution in [2.45, 2.75) is 18.9 Å². The highest BCUT2D eigenvalue weighted by atomic mass is 79.9. The maximum Gasteiger partial charge on any atom is 0.220 e. The number of ether oxygens (including phenoxy) is 1. The topological polar surface area (TPSA) is 41.6 Å². The second-order valence-corrected chi connectivity index (χ2v) is 7.49. The van der Waals surface area contributed by atoms with Crippen molar-refractivity contribution in [2.24, 2.45) is 0 Å². The van der Waals surface area contributed by atoms with Gasteiger partial charge in [-0.05, 0) is 29.7 Å². The first-order valence-corrected chi connectivity index (χ1v) is 9.89. The molecule has 1 N–H and O–H groups in total. The number of carbonyl (C=O) groups excluding carboxylic acids is 1. The molecular weight excluding hydrogens is 392 g/mol. The number of rotatable bonds is 7. The quantitative estimate of drug-likeness (QED) is 0.749. The van der Waals surface area contributed by atoms with Crippen LogP contribution in [0.15, 0.2) is 59.1 Å². The second-order valence-electron chi connectivity index (χ2n) is 6.57. The van der Waals surface area contributed by atoms with Gasteiger partial charge in [0.2, 0.25) is 5.91 Å². The van der Waals surface area contributed by atoms with E-state index in [0.717, 1.165) is 49.3 Å². The Morgan fingerprint density at radius 3 is 2.62 bits per heavy atom. The lowest BCUT2D eigenvalue weighted by atomic mass is 10.0. The van der Waals surface area contributed by atoms with Gasteiger partial charge in [0, 0.05) is 30.5 Å². The fourth-order valence-electron chi connectivity index (χ4n) is 3.18. The first kappa shape index (κ1) is 19.1. The van der Waals surface area contributed by atoms with Gasteiger partial charge in [0.05, 0.1) is 19.3 Å². The molecule has 1 aliphatic heterocycles. The van der Waals surface area contributed by atoms with E-state index < -0.39 is 0 Å². The van der Waals surface area contributed by atoms with Crippen LogP contribution < -0.4 is 5.32 Å². The molecule has 0 aromatic heterocycles. The molecule has 0 radical (unpaired) electrons. The number of halogens is 1. The average molecular weight is 417 g/mol. The predicted molar refractivity (Wildman–Crippen MR) is 107 cm³/mol. The smallest absolute Gasteiger partial charge is 0.220 e. The summed E-state index contributed by atoms with van der Waals surface area (Å²) in [5, 5.41) is 3.23. The van der Waals surface area contributed by atoms with Crippen LogP contribution in [0.2, 0.25) is 0 Å². The van der Waals surface area contributed by atoms with Crippen LogP contribution in [0.1, 0.15) is 23.6 Å². The molecule has 26 heavy (non-hydrogen) atoms. The van der Waals surface area contributed by atoms with E-state index in [0.29, 0.717) is 6.42 Å². The number of aryl methyl sites for hydroxylation is 1. The van der Waals surface area contributed by atoms with Gasteiger partial charge >= 0.3 is 0 Å². The summed E-state index contributed by atoms with van der Waals surface area (Å²) < 4.78 is 6.48. The lowest BCUT2D eigenvalue weighted by molar-refractivity contribution is -0.122. The Kier molecular flexibility index (Phi) is 7.23. The molecule has 2 aromatic carbocycles. The molecule has 0 unspecified atom stereocenters. The average Bonchev–Trinajstić information content (AvgIpc) is 2.67. The Bertz CT molecular complexity index is 702. The van der Waals surface area contributed by atoms with E-state index in [9.17, 15) is 4.79 Å². The summed E-state index contributed by atoms with van der Waals surface area (Å²) in [7, 11) is 0. The van der Waals surface area contributed by atoms with Crippen molar-refractivity contribution in [3.63, 3.8) is 0 Å². The van der Waals surface area contributed by atoms with Crippen molar-refractivity contribution in [3.05, 3.63) is 70.2 Å². The fourth-order valence-corrected chi connectivity index (χ4v) is 3.63. The Labute approximate surface area is 163 Å². The summed E-state index contributed by atoms with van der Waals surface area (Å²) in [6.07, 6.45) is 1.23. The van der Waals surface area contributed by atoms with Crippen LogP contribution in [0.25, 0.3) is 0 Å². The molecule has 2 aromatic rings. The molecule has 138 valence electrons. The van der Waals surface area contributed by atoms with Gasteiger partial charge in [0.1, 0.15) is 0 Å². The Balaban J connectivity index is 1.59. The van der Waals surface area contributed by atoms with Crippen LogP contribution in [0.3, 0.4) is 0 Å². The molecular formula is C21H25BrN2O2. The predicted octanol–water partition coefficient (Wildman–Crippen LogP) is 3.57. The molecule has 0 saturated carbocycles. The SMILES string of the molecule is O=C(CCc1cccc(Br)c1)N[C@@H](CN1CCOCC1)c1ccccc1. The second kappa shape index (κ2) is 9.86. The van der Waals surface area contributed by atoms with Crippen molar-refractivity contribution in [3.8, 4) is 0 Å². The number of amides is 1. The van der Waals surface area contributed by atoms with Gasteiger partial charge in [0.25, 0.3) is 0 Å². The van der Waals surface area contributed by atoms with Gasteiger partial charge in [-0.25, -0.2) is 0 Å². The van der Waals surface area contributed by atoms with E-state index in [1.54, 1.807) is 0 Å². The highest BCUT2D eigenvalue weighted by Crippen LogP contribution is 2.17. The van der Waals surface area contributed by atoms with Crippen molar-refractivity contribution in [1.82, 2.24) is 10.2 Å². The molecule has 1 heterocycles. The van der Waals surface area contributed by atoms with Crippen LogP contribution >= 0.6 is 15.9 Å². The highest BCUT2D eigenvalue weighted by molar-refractivity contribution is 9.10. The Hall–Kier alpha value is -1.69. The molecule has 1 saturated heterocycles. The maximum atomic E-state index is 12.6. The number of nitrogens with one attached hydrogen (secondary N) is 1. The van der Waals surface area contributed by atoms with E-state index in [1.165, 1.54) is 5.56 Å². The molecule has 3 rings (SSSR count). The minimum Gasteiger partial charge on any atom is -0.379 e. The maximum absolute atomic E-state index is 12.6. The van der Waals surface area contributed by atoms with Gasteiger partial charge in [0.15, 0.2) is 0 Å². The zero-order valence-corrected chi connectivity index (χ0v) is 16.5. The van der Waals surface area contributed by atoms with Crippen LogP contribution in [0, 0.1) is 0 Å². The molecule has 0 aliphatic carbocycles. The van der Waals surface area contributed by atoms with E-state index in [2.05, 4.69) is 50.4 Å². The standard InChI is InChI=1S/C21H25BrN2O2/c22-19-8-4-5-17(15-19)9-10-21(25)23-20(18-6-2-1-3-7-18)16-24-11-13-26-14-12-24/h1-8,15,20H,9-14,16H2,(H,23,25)/t20-/m0/s1. The first-order chi connectivity index (χ1) is 12.7. The zero-order valence-electron chi connectivity index (χ0n) is 14.9. The van der Waals surface area contributed by atoms with Crippen LogP contribution in [-0.2, 0) is 16.0 Å². The van der Waals surface area contributed by atoms with E-state index in [1.807, 2.05) is 30.3 Å². The monoisotopic (exact) mass is 416 g/mol. The summed E-state index contributed by atoms with van der Waals surface area (Å²) in [6, 6.07) is 18.3. The van der Waals surface area contributed by atoms with Gasteiger partial charge in [-0.15, -0.1) is 0 Å². The number of carbonyl (C=O) groups is 1. The molecule has 1 amide bonds. The third kappa shape index (κ3) is 5.94. The van der Waals surface area contributed by atoms with E-state index >= 15 is 0 Å². The summed E-state index contributed by atoms with van der Waals surface area (Å²) in [5.74, 6) is 0.0899. The summed E-state index contributed by atoms with van der Waals surface area (Å²) in [5.41, 5.74) is 2.31. The van der Waals surface area contributed by atoms with Gasteiger partial charge < -0.3 is 10.1 Å². The number of morpholine rings is 1. The molecule has 5 heteroatoms. The molecule has 1 fully saturated rings. The minimum absolute atomic E-state index is 0.00399. The van der Waals surface area contributed by atoms with Crippen molar-refractivity contribution < 1.29 is 9.53 Å². The van der Waals surface area contributed by atoms with Crippen molar-refractivity contribution in [1.29, 1.82) is 0 Å². The van der Waals surface area contributed by atoms with E-state index in [4.69, 9.17) is 4.74 Å². The van der Waals surface area contributed by atoms with Crippen LogP contribution in [0.5, 0.6) is 0 Å². The zero-order chi connectivity index (χ0) is 18.2. The van der Waals surface area contributed by atoms with Gasteiger partial charge in [-0.3, -0.25) is 9.69 Å². The van der Waals surface area contributed by atoms with Gasteiger partial charge in [-0.2, -0.15) is 0 Å². The van der Waals surface area contributed by atoms with Crippen LogP contribution in [-0.4, -0.2) is 43.7 Å². The lowest BCUT2D eigenvalue weighted by Gasteiger charge is -2.31. The fraction of sp³-hybridized carbons (Fsp3) is 0.381. The molecule has 4 nitrogen and oxygen atoms in total. The largest absolute Gasteiger partial charge is 0.379 e. The molecule has 1 atom stereocenters. The summed E-state index contributed by atoms with van der Waals surface area (Å²) >= 11 is 3.48. The molecule has 1 aliphatic rings. The van der Waals surface area contributed by atoms with Crippen LogP contribution in [0.4, 0.5) is 0 Å². The lowest BCUT2D eigenvalue weighted by Crippen LogP contribution is -2.43. The first-order valence-electron chi connectivity index (χ1n) is 9.09. The molecule has 0 bridgehead atoms.